The molecule has 1 unspecified atom stereocenters. The largest absolute Gasteiger partial charge is 0.477 e. The molecule has 0 N–H and O–H groups in total. The summed E-state index contributed by atoms with van der Waals surface area (Å²) in [7, 11) is 0. The average Bonchev–Trinajstić information content (AvgIpc) is 3.19. The van der Waals surface area contributed by atoms with E-state index in [1.165, 1.54) is 4.68 Å². The number of ether oxygens (including phenoxy) is 1. The van der Waals surface area contributed by atoms with Crippen molar-refractivity contribution in [3.63, 3.8) is 0 Å². The van der Waals surface area contributed by atoms with Crippen LogP contribution >= 0.6 is 0 Å². The highest BCUT2D eigenvalue weighted by molar-refractivity contribution is 5.53. The van der Waals surface area contributed by atoms with Crippen molar-refractivity contribution < 1.29 is 13.5 Å². The van der Waals surface area contributed by atoms with Crippen molar-refractivity contribution in [3.05, 3.63) is 58.7 Å². The lowest BCUT2D eigenvalue weighted by atomic mass is 10.0. The maximum absolute atomic E-state index is 14.4. The van der Waals surface area contributed by atoms with Crippen molar-refractivity contribution in [2.75, 3.05) is 0 Å². The summed E-state index contributed by atoms with van der Waals surface area (Å²) in [5.74, 6) is -0.847. The number of hydrogen-bond acceptors (Lipinski definition) is 4. The molecule has 0 saturated heterocycles. The highest BCUT2D eigenvalue weighted by atomic mass is 19.1. The number of hydrogen-bond donors (Lipinski definition) is 0. The van der Waals surface area contributed by atoms with E-state index in [4.69, 9.17) is 4.74 Å². The van der Waals surface area contributed by atoms with Crippen LogP contribution < -0.4 is 4.74 Å². The molecule has 1 atom stereocenters. The number of nitrogens with zero attached hydrogens (tertiary/aromatic N) is 5. The molecule has 2 aliphatic rings. The summed E-state index contributed by atoms with van der Waals surface area (Å²) in [6.45, 7) is 2.53. The molecule has 1 aromatic carbocycles. The normalized spacial score (nSPS) is 17.8. The van der Waals surface area contributed by atoms with Gasteiger partial charge in [0.1, 0.15) is 17.6 Å². The highest BCUT2D eigenvalue weighted by Crippen LogP contribution is 2.41. The molecule has 0 radical (unpaired) electrons. The Hall–Kier alpha value is -3.21. The highest BCUT2D eigenvalue weighted by Gasteiger charge is 2.34. The third kappa shape index (κ3) is 2.58. The number of aromatic nitrogens is 4. The van der Waals surface area contributed by atoms with E-state index in [0.29, 0.717) is 22.9 Å². The molecule has 1 aliphatic heterocycles. The first kappa shape index (κ1) is 16.0. The molecule has 1 aliphatic carbocycles. The Balaban J connectivity index is 1.66. The Morgan fingerprint density at radius 3 is 2.81 bits per heavy atom. The molecule has 136 valence electrons. The van der Waals surface area contributed by atoms with Gasteiger partial charge in [-0.15, -0.1) is 0 Å². The zero-order valence-electron chi connectivity index (χ0n) is 14.5. The fraction of sp³-hybridized carbons (Fsp3) is 0.316. The van der Waals surface area contributed by atoms with Gasteiger partial charge in [0.25, 0.3) is 0 Å². The molecule has 6 nitrogen and oxygen atoms in total. The van der Waals surface area contributed by atoms with Gasteiger partial charge >= 0.3 is 0 Å². The molecular weight excluding hydrogens is 352 g/mol. The summed E-state index contributed by atoms with van der Waals surface area (Å²) in [4.78, 5) is 0. The Bertz CT molecular complexity index is 1110. The number of fused-ring (bicyclic) bond motifs is 3. The van der Waals surface area contributed by atoms with Gasteiger partial charge in [-0.05, 0) is 31.7 Å². The predicted octanol–water partition coefficient (Wildman–Crippen LogP) is 3.42. The van der Waals surface area contributed by atoms with Crippen LogP contribution in [0.2, 0.25) is 0 Å². The predicted molar refractivity (Wildman–Crippen MR) is 90.4 cm³/mol. The topological polar surface area (TPSA) is 68.7 Å². The number of aryl methyl sites for hydroxylation is 1. The second kappa shape index (κ2) is 5.64. The fourth-order valence-electron chi connectivity index (χ4n) is 3.51. The van der Waals surface area contributed by atoms with Crippen LogP contribution in [0.25, 0.3) is 5.69 Å². The number of halogens is 2. The molecule has 8 heteroatoms. The van der Waals surface area contributed by atoms with Crippen LogP contribution in [0, 0.1) is 35.8 Å². The van der Waals surface area contributed by atoms with E-state index in [0.717, 1.165) is 31.5 Å². The summed E-state index contributed by atoms with van der Waals surface area (Å²) in [5, 5.41) is 18.2. The van der Waals surface area contributed by atoms with Crippen molar-refractivity contribution >= 4 is 0 Å². The minimum absolute atomic E-state index is 0.0481. The van der Waals surface area contributed by atoms with Gasteiger partial charge in [0.2, 0.25) is 0 Å². The van der Waals surface area contributed by atoms with Crippen molar-refractivity contribution in [2.24, 2.45) is 5.92 Å². The smallest absolute Gasteiger partial charge is 0.170 e. The van der Waals surface area contributed by atoms with Crippen LogP contribution in [-0.4, -0.2) is 19.6 Å². The number of rotatable bonds is 3. The van der Waals surface area contributed by atoms with Crippen molar-refractivity contribution in [1.29, 1.82) is 5.26 Å². The first-order chi connectivity index (χ1) is 13.0. The van der Waals surface area contributed by atoms with E-state index in [1.807, 2.05) is 0 Å². The summed E-state index contributed by atoms with van der Waals surface area (Å²) >= 11 is 0. The summed E-state index contributed by atoms with van der Waals surface area (Å²) in [6, 6.07) is 5.81. The summed E-state index contributed by atoms with van der Waals surface area (Å²) in [6.07, 6.45) is 3.39. The fourth-order valence-corrected chi connectivity index (χ4v) is 3.51. The van der Waals surface area contributed by atoms with Gasteiger partial charge in [-0.3, -0.25) is 4.68 Å². The number of nitriles is 1. The molecule has 0 amide bonds. The Labute approximate surface area is 153 Å². The molecule has 27 heavy (non-hydrogen) atoms. The van der Waals surface area contributed by atoms with Gasteiger partial charge in [0.05, 0.1) is 17.0 Å². The maximum Gasteiger partial charge on any atom is 0.170 e. The van der Waals surface area contributed by atoms with Gasteiger partial charge in [-0.25, -0.2) is 13.5 Å². The molecule has 3 aromatic rings. The SMILES string of the molecule is Cc1cc2n(n1)-c1c(F)cc(F)cc1OC2c1cn(CC2CC2)nc1C#N. The van der Waals surface area contributed by atoms with Crippen molar-refractivity contribution in [2.45, 2.75) is 32.4 Å². The van der Waals surface area contributed by atoms with Crippen LogP contribution in [0.1, 0.15) is 41.6 Å². The second-order valence-corrected chi connectivity index (χ2v) is 7.06. The molecule has 2 aromatic heterocycles. The lowest BCUT2D eigenvalue weighted by molar-refractivity contribution is 0.220. The third-order valence-corrected chi connectivity index (χ3v) is 4.90. The van der Waals surface area contributed by atoms with Crippen LogP contribution in [0.3, 0.4) is 0 Å². The molecule has 3 heterocycles. The first-order valence-corrected chi connectivity index (χ1v) is 8.73. The van der Waals surface area contributed by atoms with Crippen molar-refractivity contribution in [1.82, 2.24) is 19.6 Å². The van der Waals surface area contributed by atoms with E-state index in [2.05, 4.69) is 16.3 Å². The van der Waals surface area contributed by atoms with E-state index in [9.17, 15) is 14.0 Å². The molecule has 5 rings (SSSR count). The average molecular weight is 367 g/mol. The minimum Gasteiger partial charge on any atom is -0.477 e. The summed E-state index contributed by atoms with van der Waals surface area (Å²) < 4.78 is 37.3. The van der Waals surface area contributed by atoms with Crippen LogP contribution in [0.15, 0.2) is 24.4 Å². The third-order valence-electron chi connectivity index (χ3n) is 4.90. The van der Waals surface area contributed by atoms with Crippen LogP contribution in [0.5, 0.6) is 5.75 Å². The van der Waals surface area contributed by atoms with E-state index < -0.39 is 17.7 Å². The van der Waals surface area contributed by atoms with E-state index >= 15 is 0 Å². The van der Waals surface area contributed by atoms with Gasteiger partial charge < -0.3 is 4.74 Å². The number of benzene rings is 1. The monoisotopic (exact) mass is 367 g/mol. The van der Waals surface area contributed by atoms with Crippen LogP contribution in [-0.2, 0) is 6.54 Å². The molecule has 0 spiro atoms. The first-order valence-electron chi connectivity index (χ1n) is 8.73. The zero-order valence-corrected chi connectivity index (χ0v) is 14.5. The molecule has 1 fully saturated rings. The summed E-state index contributed by atoms with van der Waals surface area (Å²) in [5.41, 5.74) is 2.12. The van der Waals surface area contributed by atoms with Crippen LogP contribution in [0.4, 0.5) is 8.78 Å². The minimum atomic E-state index is -0.752. The van der Waals surface area contributed by atoms with E-state index in [1.54, 1.807) is 23.9 Å². The molecular formula is C19H15F2N5O. The molecule has 0 bridgehead atoms. The van der Waals surface area contributed by atoms with Gasteiger partial charge in [0, 0.05) is 24.9 Å². The Kier molecular flexibility index (Phi) is 3.34. The Morgan fingerprint density at radius 2 is 2.07 bits per heavy atom. The van der Waals surface area contributed by atoms with Gasteiger partial charge in [-0.1, -0.05) is 0 Å². The van der Waals surface area contributed by atoms with E-state index in [-0.39, 0.29) is 17.1 Å². The quantitative estimate of drug-likeness (QED) is 0.711. The Morgan fingerprint density at radius 1 is 1.26 bits per heavy atom. The molecule has 1 saturated carbocycles. The zero-order chi connectivity index (χ0) is 18.7. The van der Waals surface area contributed by atoms with Crippen molar-refractivity contribution in [3.8, 4) is 17.5 Å². The maximum atomic E-state index is 14.4. The lowest BCUT2D eigenvalue weighted by Crippen LogP contribution is -2.22. The standard InChI is InChI=1S/C19H15F2N5O/c1-10-4-16-19(13-9-25(8-11-2-3-11)24-15(13)7-22)27-17-6-12(20)5-14(21)18(17)26(16)23-10/h4-6,9,11,19H,2-3,8H2,1H3. The lowest BCUT2D eigenvalue weighted by Gasteiger charge is -2.27. The van der Waals surface area contributed by atoms with Gasteiger partial charge in [0.15, 0.2) is 23.4 Å². The second-order valence-electron chi connectivity index (χ2n) is 7.06. The van der Waals surface area contributed by atoms with Gasteiger partial charge in [-0.2, -0.15) is 15.5 Å².